The zero-order valence-corrected chi connectivity index (χ0v) is 20.6. The molecule has 1 fully saturated rings. The lowest BCUT2D eigenvalue weighted by Gasteiger charge is -2.36. The number of nitrogens with one attached hydrogen (secondary N) is 1. The van der Waals surface area contributed by atoms with Crippen LogP contribution in [0.15, 0.2) is 48.5 Å². The minimum atomic E-state index is -0.868. The third-order valence-corrected chi connectivity index (χ3v) is 7.47. The highest BCUT2D eigenvalue weighted by Gasteiger charge is 2.35. The van der Waals surface area contributed by atoms with Crippen LogP contribution in [0.2, 0.25) is 0 Å². The molecule has 0 radical (unpaired) electrons. The predicted molar refractivity (Wildman–Crippen MR) is 133 cm³/mol. The maximum atomic E-state index is 13.0. The van der Waals surface area contributed by atoms with Gasteiger partial charge in [-0.15, -0.1) is 0 Å². The number of aliphatic carboxylic acids is 1. The SMILES string of the molecule is CC1CCN(C(=O)C[C@H](NC(=O)OCC2c3ccccc3-c3ccccc32)C(C)C)CC1C(=O)O. The second kappa shape index (κ2) is 10.5. The summed E-state index contributed by atoms with van der Waals surface area (Å²) in [5.74, 6) is -1.54. The summed E-state index contributed by atoms with van der Waals surface area (Å²) in [5, 5.41) is 12.3. The third-order valence-electron chi connectivity index (χ3n) is 7.47. The van der Waals surface area contributed by atoms with Gasteiger partial charge in [0.05, 0.1) is 5.92 Å². The number of carbonyl (C=O) groups is 3. The van der Waals surface area contributed by atoms with Gasteiger partial charge in [0, 0.05) is 31.5 Å². The van der Waals surface area contributed by atoms with Gasteiger partial charge < -0.3 is 20.1 Å². The molecule has 0 aromatic heterocycles. The number of hydrogen-bond donors (Lipinski definition) is 2. The zero-order chi connectivity index (χ0) is 25.1. The standard InChI is InChI=1S/C28H34N2O5/c1-17(2)25(14-26(31)30-13-12-18(3)23(15-30)27(32)33)29-28(34)35-16-24-21-10-6-4-8-19(21)20-9-5-7-11-22(20)24/h4-11,17-18,23-25H,12-16H2,1-3H3,(H,29,34)(H,32,33)/t18?,23?,25-/m0/s1. The smallest absolute Gasteiger partial charge is 0.407 e. The Morgan fingerprint density at radius 2 is 1.66 bits per heavy atom. The number of alkyl carbamates (subject to hydrolysis) is 1. The Morgan fingerprint density at radius 1 is 1.06 bits per heavy atom. The maximum absolute atomic E-state index is 13.0. The third kappa shape index (κ3) is 5.34. The van der Waals surface area contributed by atoms with E-state index < -0.39 is 24.0 Å². The molecule has 2 aromatic carbocycles. The molecule has 2 aliphatic rings. The average Bonchev–Trinajstić information content (AvgIpc) is 3.16. The van der Waals surface area contributed by atoms with Crippen LogP contribution in [0, 0.1) is 17.8 Å². The molecular weight excluding hydrogens is 444 g/mol. The second-order valence-corrected chi connectivity index (χ2v) is 10.1. The van der Waals surface area contributed by atoms with Crippen LogP contribution in [0.5, 0.6) is 0 Å². The summed E-state index contributed by atoms with van der Waals surface area (Å²) >= 11 is 0. The van der Waals surface area contributed by atoms with E-state index in [4.69, 9.17) is 4.74 Å². The molecule has 2 unspecified atom stereocenters. The van der Waals surface area contributed by atoms with Crippen LogP contribution in [0.3, 0.4) is 0 Å². The fourth-order valence-corrected chi connectivity index (χ4v) is 5.18. The first-order chi connectivity index (χ1) is 16.8. The van der Waals surface area contributed by atoms with Crippen molar-refractivity contribution < 1.29 is 24.2 Å². The van der Waals surface area contributed by atoms with Crippen molar-refractivity contribution in [1.29, 1.82) is 0 Å². The molecule has 7 heteroatoms. The summed E-state index contributed by atoms with van der Waals surface area (Å²) in [5.41, 5.74) is 4.62. The van der Waals surface area contributed by atoms with Crippen molar-refractivity contribution in [3.05, 3.63) is 59.7 Å². The van der Waals surface area contributed by atoms with E-state index in [1.807, 2.05) is 45.0 Å². The molecule has 7 nitrogen and oxygen atoms in total. The van der Waals surface area contributed by atoms with Gasteiger partial charge in [0.2, 0.25) is 5.91 Å². The Labute approximate surface area is 206 Å². The van der Waals surface area contributed by atoms with Crippen molar-refractivity contribution in [1.82, 2.24) is 10.2 Å². The van der Waals surface area contributed by atoms with E-state index in [9.17, 15) is 19.5 Å². The Hall–Kier alpha value is -3.35. The van der Waals surface area contributed by atoms with Crippen LogP contribution in [0.25, 0.3) is 11.1 Å². The van der Waals surface area contributed by atoms with E-state index in [1.165, 1.54) is 11.1 Å². The summed E-state index contributed by atoms with van der Waals surface area (Å²) in [6, 6.07) is 15.9. The van der Waals surface area contributed by atoms with Crippen molar-refractivity contribution in [3.8, 4) is 11.1 Å². The number of benzene rings is 2. The number of likely N-dealkylation sites (tertiary alicyclic amines) is 1. The van der Waals surface area contributed by atoms with E-state index in [-0.39, 0.29) is 43.2 Å². The van der Waals surface area contributed by atoms with Gasteiger partial charge in [-0.3, -0.25) is 9.59 Å². The molecular formula is C28H34N2O5. The molecule has 2 N–H and O–H groups in total. The number of rotatable bonds is 7. The number of amides is 2. The quantitative estimate of drug-likeness (QED) is 0.611. The van der Waals surface area contributed by atoms with Gasteiger partial charge in [-0.2, -0.15) is 0 Å². The first-order valence-corrected chi connectivity index (χ1v) is 12.4. The van der Waals surface area contributed by atoms with Crippen LogP contribution in [0.1, 0.15) is 50.7 Å². The minimum absolute atomic E-state index is 0.0124. The maximum Gasteiger partial charge on any atom is 0.407 e. The molecule has 4 rings (SSSR count). The molecule has 1 saturated heterocycles. The average molecular weight is 479 g/mol. The number of nitrogens with zero attached hydrogens (tertiary/aromatic N) is 1. The van der Waals surface area contributed by atoms with Gasteiger partial charge in [-0.1, -0.05) is 69.3 Å². The van der Waals surface area contributed by atoms with Crippen molar-refractivity contribution >= 4 is 18.0 Å². The van der Waals surface area contributed by atoms with Gasteiger partial charge in [0.15, 0.2) is 0 Å². The second-order valence-electron chi connectivity index (χ2n) is 10.1. The monoisotopic (exact) mass is 478 g/mol. The fraction of sp³-hybridized carbons (Fsp3) is 0.464. The Morgan fingerprint density at radius 3 is 2.23 bits per heavy atom. The summed E-state index contributed by atoms with van der Waals surface area (Å²) < 4.78 is 5.66. The van der Waals surface area contributed by atoms with E-state index in [0.717, 1.165) is 11.1 Å². The van der Waals surface area contributed by atoms with E-state index in [1.54, 1.807) is 4.90 Å². The van der Waals surface area contributed by atoms with E-state index in [0.29, 0.717) is 13.0 Å². The van der Waals surface area contributed by atoms with Crippen LogP contribution in [-0.4, -0.2) is 53.7 Å². The number of fused-ring (bicyclic) bond motifs is 3. The van der Waals surface area contributed by atoms with Crippen molar-refractivity contribution in [2.45, 2.75) is 45.6 Å². The number of carboxylic acid groups (broad SMARTS) is 1. The molecule has 35 heavy (non-hydrogen) atoms. The van der Waals surface area contributed by atoms with Gasteiger partial charge in [0.25, 0.3) is 0 Å². The van der Waals surface area contributed by atoms with Crippen LogP contribution in [-0.2, 0) is 14.3 Å². The zero-order valence-electron chi connectivity index (χ0n) is 20.6. The van der Waals surface area contributed by atoms with Gasteiger partial charge in [-0.25, -0.2) is 4.79 Å². The summed E-state index contributed by atoms with van der Waals surface area (Å²) in [6.45, 7) is 6.77. The normalized spacial score (nSPS) is 20.2. The lowest BCUT2D eigenvalue weighted by atomic mass is 9.86. The van der Waals surface area contributed by atoms with Crippen molar-refractivity contribution in [2.24, 2.45) is 17.8 Å². The molecule has 0 bridgehead atoms. The van der Waals surface area contributed by atoms with Crippen LogP contribution < -0.4 is 5.32 Å². The highest BCUT2D eigenvalue weighted by Crippen LogP contribution is 2.44. The molecule has 1 aliphatic carbocycles. The first-order valence-electron chi connectivity index (χ1n) is 12.4. The molecule has 1 heterocycles. The van der Waals surface area contributed by atoms with E-state index >= 15 is 0 Å². The van der Waals surface area contributed by atoms with Gasteiger partial charge >= 0.3 is 12.1 Å². The molecule has 1 aliphatic heterocycles. The molecule has 0 saturated carbocycles. The number of hydrogen-bond acceptors (Lipinski definition) is 4. The largest absolute Gasteiger partial charge is 0.481 e. The number of carbonyl (C=O) groups excluding carboxylic acids is 2. The number of carboxylic acids is 1. The molecule has 3 atom stereocenters. The summed E-state index contributed by atoms with van der Waals surface area (Å²) in [4.78, 5) is 38.8. The molecule has 0 spiro atoms. The Bertz CT molecular complexity index is 1050. The van der Waals surface area contributed by atoms with Crippen LogP contribution >= 0.6 is 0 Å². The highest BCUT2D eigenvalue weighted by molar-refractivity contribution is 5.80. The molecule has 2 aromatic rings. The molecule has 186 valence electrons. The first kappa shape index (κ1) is 24.8. The molecule has 2 amide bonds. The lowest BCUT2D eigenvalue weighted by Crippen LogP contribution is -2.49. The van der Waals surface area contributed by atoms with E-state index in [2.05, 4.69) is 29.6 Å². The van der Waals surface area contributed by atoms with Crippen LogP contribution in [0.4, 0.5) is 4.79 Å². The van der Waals surface area contributed by atoms with Crippen molar-refractivity contribution in [3.63, 3.8) is 0 Å². The lowest BCUT2D eigenvalue weighted by molar-refractivity contribution is -0.148. The summed E-state index contributed by atoms with van der Waals surface area (Å²) in [6.07, 6.45) is 0.228. The highest BCUT2D eigenvalue weighted by atomic mass is 16.5. The number of ether oxygens (including phenoxy) is 1. The van der Waals surface area contributed by atoms with Gasteiger partial charge in [-0.05, 0) is 40.5 Å². The predicted octanol–water partition coefficient (Wildman–Crippen LogP) is 4.51. The Balaban J connectivity index is 1.36. The van der Waals surface area contributed by atoms with Gasteiger partial charge in [0.1, 0.15) is 6.61 Å². The fourth-order valence-electron chi connectivity index (χ4n) is 5.18. The minimum Gasteiger partial charge on any atom is -0.481 e. The number of piperidine rings is 1. The Kier molecular flexibility index (Phi) is 7.43. The topological polar surface area (TPSA) is 95.9 Å². The van der Waals surface area contributed by atoms with Crippen molar-refractivity contribution in [2.75, 3.05) is 19.7 Å². The summed E-state index contributed by atoms with van der Waals surface area (Å²) in [7, 11) is 0.